The molecule has 0 amide bonds. The summed E-state index contributed by atoms with van der Waals surface area (Å²) in [6.07, 6.45) is 6.93. The average molecular weight is 270 g/mol. The number of carbonyl (C=O) groups is 1. The Morgan fingerprint density at radius 1 is 1.42 bits per heavy atom. The maximum absolute atomic E-state index is 11.2. The molecule has 1 aliphatic heterocycles. The number of aliphatic carboxylic acids is 1. The number of hydrogen-bond donors (Lipinski definition) is 2. The van der Waals surface area contributed by atoms with Crippen LogP contribution in [0.3, 0.4) is 0 Å². The Morgan fingerprint density at radius 3 is 2.53 bits per heavy atom. The van der Waals surface area contributed by atoms with Crippen LogP contribution in [0.2, 0.25) is 0 Å². The highest BCUT2D eigenvalue weighted by atomic mass is 16.4. The number of hydrogen-bond acceptors (Lipinski definition) is 3. The average Bonchev–Trinajstić information content (AvgIpc) is 2.40. The molecule has 0 aromatic heterocycles. The van der Waals surface area contributed by atoms with Gasteiger partial charge in [-0.1, -0.05) is 19.8 Å². The van der Waals surface area contributed by atoms with E-state index in [0.717, 1.165) is 18.9 Å². The van der Waals surface area contributed by atoms with Crippen LogP contribution in [0.5, 0.6) is 0 Å². The van der Waals surface area contributed by atoms with Crippen molar-refractivity contribution in [1.82, 2.24) is 10.2 Å². The van der Waals surface area contributed by atoms with E-state index in [9.17, 15) is 9.90 Å². The number of carboxylic acid groups (broad SMARTS) is 1. The first-order valence-corrected chi connectivity index (χ1v) is 7.66. The fraction of sp³-hybridized carbons (Fsp3) is 0.933. The lowest BCUT2D eigenvalue weighted by Crippen LogP contribution is -2.48. The van der Waals surface area contributed by atoms with Crippen LogP contribution < -0.4 is 5.32 Å². The maximum Gasteiger partial charge on any atom is 0.323 e. The number of nitrogens with zero attached hydrogens (tertiary/aromatic N) is 1. The highest BCUT2D eigenvalue weighted by Crippen LogP contribution is 2.22. The van der Waals surface area contributed by atoms with Gasteiger partial charge in [0.1, 0.15) is 5.54 Å². The van der Waals surface area contributed by atoms with Crippen LogP contribution in [0.4, 0.5) is 0 Å². The van der Waals surface area contributed by atoms with E-state index in [1.165, 1.54) is 38.8 Å². The van der Waals surface area contributed by atoms with Gasteiger partial charge in [0.25, 0.3) is 0 Å². The van der Waals surface area contributed by atoms with Gasteiger partial charge in [-0.2, -0.15) is 0 Å². The Morgan fingerprint density at radius 2 is 2.05 bits per heavy atom. The zero-order valence-electron chi connectivity index (χ0n) is 12.7. The normalized spacial score (nSPS) is 21.2. The van der Waals surface area contributed by atoms with Crippen LogP contribution in [0.15, 0.2) is 0 Å². The Bertz CT molecular complexity index is 275. The van der Waals surface area contributed by atoms with Crippen LogP contribution in [-0.2, 0) is 4.79 Å². The minimum atomic E-state index is -0.777. The molecule has 1 rings (SSSR count). The van der Waals surface area contributed by atoms with Crippen molar-refractivity contribution in [1.29, 1.82) is 0 Å². The summed E-state index contributed by atoms with van der Waals surface area (Å²) < 4.78 is 0. The Kier molecular flexibility index (Phi) is 6.80. The van der Waals surface area contributed by atoms with E-state index < -0.39 is 11.5 Å². The van der Waals surface area contributed by atoms with Crippen molar-refractivity contribution in [2.75, 3.05) is 26.7 Å². The van der Waals surface area contributed by atoms with E-state index >= 15 is 0 Å². The molecule has 4 heteroatoms. The number of rotatable bonds is 8. The topological polar surface area (TPSA) is 52.6 Å². The maximum atomic E-state index is 11.2. The zero-order valence-corrected chi connectivity index (χ0v) is 12.7. The fourth-order valence-corrected chi connectivity index (χ4v) is 2.90. The van der Waals surface area contributed by atoms with Crippen LogP contribution >= 0.6 is 0 Å². The van der Waals surface area contributed by atoms with E-state index in [2.05, 4.69) is 17.1 Å². The van der Waals surface area contributed by atoms with Crippen molar-refractivity contribution in [2.24, 2.45) is 5.92 Å². The first-order chi connectivity index (χ1) is 9.01. The molecule has 0 aliphatic carbocycles. The van der Waals surface area contributed by atoms with Gasteiger partial charge in [-0.05, 0) is 65.2 Å². The summed E-state index contributed by atoms with van der Waals surface area (Å²) in [4.78, 5) is 13.7. The third-order valence-corrected chi connectivity index (χ3v) is 4.58. The standard InChI is InChI=1S/C15H30N2O2/c1-4-6-13-7-11-17(12-8-13)10-5-9-15(2,16-3)14(18)19/h13,16H,4-12H2,1-3H3,(H,18,19). The van der Waals surface area contributed by atoms with Crippen molar-refractivity contribution in [2.45, 2.75) is 57.9 Å². The summed E-state index contributed by atoms with van der Waals surface area (Å²) in [5.41, 5.74) is -0.777. The van der Waals surface area contributed by atoms with E-state index in [4.69, 9.17) is 0 Å². The van der Waals surface area contributed by atoms with Gasteiger partial charge in [-0.15, -0.1) is 0 Å². The number of likely N-dealkylation sites (tertiary alicyclic amines) is 1. The minimum absolute atomic E-state index is 0.688. The van der Waals surface area contributed by atoms with Crippen LogP contribution in [0, 0.1) is 5.92 Å². The molecule has 0 spiro atoms. The van der Waals surface area contributed by atoms with Gasteiger partial charge >= 0.3 is 5.97 Å². The van der Waals surface area contributed by atoms with Crippen molar-refractivity contribution < 1.29 is 9.90 Å². The third kappa shape index (κ3) is 5.11. The number of nitrogens with one attached hydrogen (secondary N) is 1. The molecule has 0 saturated carbocycles. The first kappa shape index (κ1) is 16.4. The second-order valence-electron chi connectivity index (χ2n) is 6.06. The number of likely N-dealkylation sites (N-methyl/N-ethyl adjacent to an activating group) is 1. The van der Waals surface area contributed by atoms with Gasteiger partial charge in [-0.25, -0.2) is 0 Å². The van der Waals surface area contributed by atoms with Crippen molar-refractivity contribution in [3.05, 3.63) is 0 Å². The molecule has 112 valence electrons. The largest absolute Gasteiger partial charge is 0.480 e. The lowest BCUT2D eigenvalue weighted by Gasteiger charge is -2.32. The molecule has 1 aliphatic rings. The van der Waals surface area contributed by atoms with Gasteiger partial charge in [0.15, 0.2) is 0 Å². The number of piperidine rings is 1. The smallest absolute Gasteiger partial charge is 0.323 e. The predicted octanol–water partition coefficient (Wildman–Crippen LogP) is 2.34. The SMILES string of the molecule is CCCC1CCN(CCCC(C)(NC)C(=O)O)CC1. The molecule has 0 aromatic carbocycles. The summed E-state index contributed by atoms with van der Waals surface area (Å²) >= 11 is 0. The molecule has 2 N–H and O–H groups in total. The van der Waals surface area contributed by atoms with E-state index in [1.807, 2.05) is 0 Å². The molecule has 0 radical (unpaired) electrons. The summed E-state index contributed by atoms with van der Waals surface area (Å²) in [6.45, 7) is 7.44. The van der Waals surface area contributed by atoms with E-state index in [1.54, 1.807) is 14.0 Å². The summed E-state index contributed by atoms with van der Waals surface area (Å²) in [5, 5.41) is 12.1. The van der Waals surface area contributed by atoms with Crippen LogP contribution in [0.25, 0.3) is 0 Å². The molecular weight excluding hydrogens is 240 g/mol. The molecule has 1 saturated heterocycles. The van der Waals surface area contributed by atoms with Gasteiger partial charge in [0.05, 0.1) is 0 Å². The molecule has 0 aromatic rings. The molecular formula is C15H30N2O2. The van der Waals surface area contributed by atoms with Crippen LogP contribution in [-0.4, -0.2) is 48.2 Å². The van der Waals surface area contributed by atoms with Gasteiger partial charge in [-0.3, -0.25) is 4.79 Å². The zero-order chi connectivity index (χ0) is 14.3. The highest BCUT2D eigenvalue weighted by Gasteiger charge is 2.30. The van der Waals surface area contributed by atoms with Gasteiger partial charge < -0.3 is 15.3 Å². The van der Waals surface area contributed by atoms with Gasteiger partial charge in [0, 0.05) is 0 Å². The Balaban J connectivity index is 2.22. The second-order valence-corrected chi connectivity index (χ2v) is 6.06. The fourth-order valence-electron chi connectivity index (χ4n) is 2.90. The lowest BCUT2D eigenvalue weighted by atomic mass is 9.92. The Labute approximate surface area is 117 Å². The lowest BCUT2D eigenvalue weighted by molar-refractivity contribution is -0.144. The number of carboxylic acids is 1. The second kappa shape index (κ2) is 7.85. The summed E-state index contributed by atoms with van der Waals surface area (Å²) in [5.74, 6) is 0.166. The summed E-state index contributed by atoms with van der Waals surface area (Å²) in [7, 11) is 1.73. The quantitative estimate of drug-likeness (QED) is 0.711. The third-order valence-electron chi connectivity index (χ3n) is 4.58. The molecule has 0 bridgehead atoms. The molecule has 19 heavy (non-hydrogen) atoms. The molecule has 1 heterocycles. The first-order valence-electron chi connectivity index (χ1n) is 7.66. The minimum Gasteiger partial charge on any atom is -0.480 e. The van der Waals surface area contributed by atoms with E-state index in [0.29, 0.717) is 6.42 Å². The van der Waals surface area contributed by atoms with E-state index in [-0.39, 0.29) is 0 Å². The van der Waals surface area contributed by atoms with Crippen LogP contribution in [0.1, 0.15) is 52.4 Å². The van der Waals surface area contributed by atoms with Crippen molar-refractivity contribution in [3.63, 3.8) is 0 Å². The summed E-state index contributed by atoms with van der Waals surface area (Å²) in [6, 6.07) is 0. The monoisotopic (exact) mass is 270 g/mol. The van der Waals surface area contributed by atoms with Crippen molar-refractivity contribution >= 4 is 5.97 Å². The highest BCUT2D eigenvalue weighted by molar-refractivity contribution is 5.78. The van der Waals surface area contributed by atoms with Crippen molar-refractivity contribution in [3.8, 4) is 0 Å². The predicted molar refractivity (Wildman–Crippen MR) is 78.4 cm³/mol. The molecule has 1 atom stereocenters. The molecule has 4 nitrogen and oxygen atoms in total. The Hall–Kier alpha value is -0.610. The molecule has 1 fully saturated rings. The van der Waals surface area contributed by atoms with Gasteiger partial charge in [0.2, 0.25) is 0 Å². The molecule has 1 unspecified atom stereocenters.